The maximum absolute atomic E-state index is 3.41. The van der Waals surface area contributed by atoms with Crippen LogP contribution in [0.25, 0.3) is 20.9 Å². The summed E-state index contributed by atoms with van der Waals surface area (Å²) >= 11 is 9.28. The Balaban J connectivity index is 0.000000241. The Morgan fingerprint density at radius 2 is 1.08 bits per heavy atom. The Morgan fingerprint density at radius 1 is 0.654 bits per heavy atom. The molecule has 4 rings (SSSR count). The Labute approximate surface area is 224 Å². The van der Waals surface area contributed by atoms with Gasteiger partial charge in [0.25, 0.3) is 0 Å². The van der Waals surface area contributed by atoms with Crippen molar-refractivity contribution in [2.45, 2.75) is 0 Å². The fourth-order valence-corrected chi connectivity index (χ4v) is 4.20. The molecule has 0 aliphatic carbocycles. The van der Waals surface area contributed by atoms with Gasteiger partial charge in [-0.25, -0.2) is 0 Å². The molecule has 26 heavy (non-hydrogen) atoms. The van der Waals surface area contributed by atoms with Crippen molar-refractivity contribution < 1.29 is 53.5 Å². The van der Waals surface area contributed by atoms with E-state index < -0.39 is 0 Å². The second-order valence-corrected chi connectivity index (χ2v) is 9.03. The SMILES string of the molecule is Brc1ccc(-c2cccs2)cc1.Ic1ccc(-c2cccs2)cc1.[I-].[Na+]. The van der Waals surface area contributed by atoms with Crippen LogP contribution in [0.5, 0.6) is 0 Å². The molecule has 2 heterocycles. The molecule has 0 saturated carbocycles. The molecule has 0 aliphatic rings. The summed E-state index contributed by atoms with van der Waals surface area (Å²) in [4.78, 5) is 2.66. The monoisotopic (exact) mass is 674 g/mol. The minimum absolute atomic E-state index is 0. The van der Waals surface area contributed by atoms with E-state index in [4.69, 9.17) is 0 Å². The average molecular weight is 675 g/mol. The molecule has 0 saturated heterocycles. The molecule has 0 aliphatic heterocycles. The third-order valence-corrected chi connectivity index (χ3v) is 6.39. The van der Waals surface area contributed by atoms with Crippen molar-refractivity contribution in [2.24, 2.45) is 0 Å². The molecule has 4 aromatic rings. The maximum atomic E-state index is 3.41. The van der Waals surface area contributed by atoms with Gasteiger partial charge >= 0.3 is 29.6 Å². The number of hydrogen-bond donors (Lipinski definition) is 0. The van der Waals surface area contributed by atoms with Crippen molar-refractivity contribution in [3.8, 4) is 20.9 Å². The van der Waals surface area contributed by atoms with Crippen LogP contribution in [0, 0.1) is 3.57 Å². The smallest absolute Gasteiger partial charge is 1.00 e. The second-order valence-electron chi connectivity index (χ2n) is 4.97. The van der Waals surface area contributed by atoms with Crippen molar-refractivity contribution in [3.05, 3.63) is 91.6 Å². The third kappa shape index (κ3) is 7.66. The van der Waals surface area contributed by atoms with Gasteiger partial charge in [0, 0.05) is 17.8 Å². The first-order chi connectivity index (χ1) is 11.7. The van der Waals surface area contributed by atoms with Gasteiger partial charge in [-0.05, 0) is 80.9 Å². The van der Waals surface area contributed by atoms with E-state index in [1.165, 1.54) is 24.5 Å². The zero-order valence-electron chi connectivity index (χ0n) is 14.0. The van der Waals surface area contributed by atoms with Crippen LogP contribution < -0.4 is 53.5 Å². The number of halogens is 3. The Kier molecular flexibility index (Phi) is 12.5. The molecular formula is C20H14BrI2NaS2. The fourth-order valence-electron chi connectivity index (χ4n) is 2.11. The zero-order valence-corrected chi connectivity index (χ0v) is 23.6. The van der Waals surface area contributed by atoms with Gasteiger partial charge in [0.1, 0.15) is 0 Å². The summed E-state index contributed by atoms with van der Waals surface area (Å²) in [5.74, 6) is 0. The van der Waals surface area contributed by atoms with Gasteiger partial charge in [0.15, 0.2) is 0 Å². The first kappa shape index (κ1) is 24.8. The van der Waals surface area contributed by atoms with Gasteiger partial charge in [-0.1, -0.05) is 52.3 Å². The van der Waals surface area contributed by atoms with Gasteiger partial charge in [0.2, 0.25) is 0 Å². The zero-order chi connectivity index (χ0) is 16.8. The van der Waals surface area contributed by atoms with Crippen LogP contribution in [0.4, 0.5) is 0 Å². The number of thiophene rings is 2. The van der Waals surface area contributed by atoms with Crippen molar-refractivity contribution in [2.75, 3.05) is 0 Å². The quantitative estimate of drug-likeness (QED) is 0.226. The van der Waals surface area contributed by atoms with Crippen LogP contribution in [-0.2, 0) is 0 Å². The van der Waals surface area contributed by atoms with Crippen molar-refractivity contribution >= 4 is 61.2 Å². The molecule has 0 unspecified atom stereocenters. The molecule has 0 fully saturated rings. The summed E-state index contributed by atoms with van der Waals surface area (Å²) in [7, 11) is 0. The molecule has 0 radical (unpaired) electrons. The van der Waals surface area contributed by atoms with Gasteiger partial charge in [-0.2, -0.15) is 0 Å². The van der Waals surface area contributed by atoms with Crippen LogP contribution in [0.15, 0.2) is 88.0 Å². The van der Waals surface area contributed by atoms with Gasteiger partial charge in [0.05, 0.1) is 0 Å². The van der Waals surface area contributed by atoms with E-state index in [-0.39, 0.29) is 53.5 Å². The van der Waals surface area contributed by atoms with E-state index in [1.54, 1.807) is 22.7 Å². The van der Waals surface area contributed by atoms with E-state index in [0.29, 0.717) is 0 Å². The Bertz CT molecular complexity index is 784. The van der Waals surface area contributed by atoms with Crippen LogP contribution in [0.1, 0.15) is 0 Å². The first-order valence-electron chi connectivity index (χ1n) is 7.31. The summed E-state index contributed by atoms with van der Waals surface area (Å²) in [6, 6.07) is 25.4. The van der Waals surface area contributed by atoms with E-state index in [1.807, 2.05) is 0 Å². The topological polar surface area (TPSA) is 0 Å². The third-order valence-electron chi connectivity index (χ3n) is 3.30. The minimum Gasteiger partial charge on any atom is -1.00 e. The molecular weight excluding hydrogens is 661 g/mol. The largest absolute Gasteiger partial charge is 1.00 e. The summed E-state index contributed by atoms with van der Waals surface area (Å²) in [6.45, 7) is 0. The summed E-state index contributed by atoms with van der Waals surface area (Å²) in [5, 5.41) is 4.20. The van der Waals surface area contributed by atoms with Crippen molar-refractivity contribution in [1.82, 2.24) is 0 Å². The Morgan fingerprint density at radius 3 is 1.46 bits per heavy atom. The molecule has 2 aromatic carbocycles. The summed E-state index contributed by atoms with van der Waals surface area (Å²) in [5.41, 5.74) is 2.60. The van der Waals surface area contributed by atoms with Crippen molar-refractivity contribution in [3.63, 3.8) is 0 Å². The molecule has 0 bridgehead atoms. The Hall–Kier alpha value is 0.780. The van der Waals surface area contributed by atoms with Crippen LogP contribution >= 0.6 is 61.2 Å². The van der Waals surface area contributed by atoms with E-state index >= 15 is 0 Å². The minimum atomic E-state index is 0. The van der Waals surface area contributed by atoms with Gasteiger partial charge in [-0.15, -0.1) is 22.7 Å². The van der Waals surface area contributed by atoms with E-state index in [2.05, 4.69) is 122 Å². The predicted molar refractivity (Wildman–Crippen MR) is 120 cm³/mol. The van der Waals surface area contributed by atoms with Crippen molar-refractivity contribution in [1.29, 1.82) is 0 Å². The van der Waals surface area contributed by atoms with Gasteiger partial charge in [-0.3, -0.25) is 0 Å². The molecule has 0 spiro atoms. The van der Waals surface area contributed by atoms with Gasteiger partial charge < -0.3 is 24.0 Å². The van der Waals surface area contributed by atoms with Crippen LogP contribution in [0.2, 0.25) is 0 Å². The standard InChI is InChI=1S/C10H7BrS.C10H7IS.HI.Na/c2*11-9-5-3-8(4-6-9)10-2-1-7-12-10;;/h2*1-7H;1H;/q;;;+1/p-1. The first-order valence-corrected chi connectivity index (χ1v) is 10.9. The number of rotatable bonds is 2. The molecule has 6 heteroatoms. The summed E-state index contributed by atoms with van der Waals surface area (Å²) < 4.78 is 2.41. The average Bonchev–Trinajstić information content (AvgIpc) is 3.31. The molecule has 2 aromatic heterocycles. The normalized spacial score (nSPS) is 9.31. The molecule has 0 atom stereocenters. The molecule has 0 N–H and O–H groups in total. The molecule has 0 amide bonds. The molecule has 0 nitrogen and oxygen atoms in total. The number of hydrogen-bond acceptors (Lipinski definition) is 2. The summed E-state index contributed by atoms with van der Waals surface area (Å²) in [6.07, 6.45) is 0. The van der Waals surface area contributed by atoms with Crippen LogP contribution in [0.3, 0.4) is 0 Å². The number of benzene rings is 2. The van der Waals surface area contributed by atoms with Crippen LogP contribution in [-0.4, -0.2) is 0 Å². The van der Waals surface area contributed by atoms with E-state index in [0.717, 1.165) is 4.47 Å². The van der Waals surface area contributed by atoms with E-state index in [9.17, 15) is 0 Å². The maximum Gasteiger partial charge on any atom is 1.00 e. The predicted octanol–water partition coefficient (Wildman–Crippen LogP) is 2.21. The fraction of sp³-hybridized carbons (Fsp3) is 0. The molecule has 128 valence electrons. The second kappa shape index (κ2) is 13.1.